The molecule has 0 bridgehead atoms. The molecule has 1 atom stereocenters. The minimum atomic E-state index is -0.803. The molecule has 2 aromatic carbocycles. The number of aliphatic imine (C=N–C) groups is 1. The number of para-hydroxylation sites is 1. The molecule has 140 valence electrons. The molecular weight excluding hydrogens is 381 g/mol. The van der Waals surface area contributed by atoms with E-state index in [4.69, 9.17) is 11.6 Å². The van der Waals surface area contributed by atoms with Crippen LogP contribution in [0.5, 0.6) is 0 Å². The number of aromatic nitrogens is 2. The molecule has 1 aromatic heterocycles. The number of anilines is 2. The third-order valence-electron chi connectivity index (χ3n) is 4.24. The van der Waals surface area contributed by atoms with Gasteiger partial charge in [-0.1, -0.05) is 41.9 Å². The topological polar surface area (TPSA) is 79.3 Å². The highest BCUT2D eigenvalue weighted by atomic mass is 35.5. The summed E-state index contributed by atoms with van der Waals surface area (Å²) in [5.41, 5.74) is 1.99. The molecule has 0 radical (unpaired) electrons. The monoisotopic (exact) mass is 395 g/mol. The summed E-state index contributed by atoms with van der Waals surface area (Å²) < 4.78 is 14.5. The predicted octanol–water partition coefficient (Wildman–Crippen LogP) is 3.54. The first-order valence-electron chi connectivity index (χ1n) is 8.56. The normalized spacial score (nSPS) is 15.9. The number of hydrogen-bond acceptors (Lipinski definition) is 5. The van der Waals surface area contributed by atoms with E-state index >= 15 is 0 Å². The fourth-order valence-corrected chi connectivity index (χ4v) is 3.08. The molecule has 1 amide bonds. The third kappa shape index (κ3) is 3.70. The van der Waals surface area contributed by atoms with Gasteiger partial charge in [-0.3, -0.25) is 14.8 Å². The van der Waals surface area contributed by atoms with E-state index in [0.29, 0.717) is 28.3 Å². The molecule has 1 unspecified atom stereocenters. The second kappa shape index (κ2) is 7.74. The van der Waals surface area contributed by atoms with Crippen molar-refractivity contribution in [1.82, 2.24) is 9.97 Å². The smallest absolute Gasteiger partial charge is 0.251 e. The molecular formula is C20H15ClFN5O. The molecule has 0 saturated heterocycles. The summed E-state index contributed by atoms with van der Waals surface area (Å²) in [5, 5.41) is 6.10. The van der Waals surface area contributed by atoms with Gasteiger partial charge in [0.15, 0.2) is 0 Å². The molecule has 0 aliphatic carbocycles. The highest BCUT2D eigenvalue weighted by Gasteiger charge is 2.26. The van der Waals surface area contributed by atoms with Crippen LogP contribution in [0.1, 0.15) is 11.1 Å². The molecule has 3 aromatic rings. The van der Waals surface area contributed by atoms with Crippen LogP contribution in [0.4, 0.5) is 15.9 Å². The van der Waals surface area contributed by atoms with Crippen LogP contribution in [0.15, 0.2) is 65.9 Å². The Kier molecular flexibility index (Phi) is 4.99. The number of nitrogens with zero attached hydrogens (tertiary/aromatic N) is 3. The Morgan fingerprint density at radius 1 is 1.07 bits per heavy atom. The molecule has 8 heteroatoms. The summed E-state index contributed by atoms with van der Waals surface area (Å²) >= 11 is 5.84. The van der Waals surface area contributed by atoms with Crippen molar-refractivity contribution in [3.05, 3.63) is 83.0 Å². The van der Waals surface area contributed by atoms with E-state index in [-0.39, 0.29) is 17.6 Å². The minimum Gasteiger partial charge on any atom is -0.366 e. The van der Waals surface area contributed by atoms with Gasteiger partial charge in [0.2, 0.25) is 0 Å². The lowest BCUT2D eigenvalue weighted by Crippen LogP contribution is -2.32. The molecule has 28 heavy (non-hydrogen) atoms. The van der Waals surface area contributed by atoms with E-state index in [1.54, 1.807) is 36.4 Å². The van der Waals surface area contributed by atoms with Crippen LogP contribution >= 0.6 is 11.6 Å². The number of fused-ring (bicyclic) bond motifs is 1. The van der Waals surface area contributed by atoms with Crippen LogP contribution in [-0.2, 0) is 4.79 Å². The number of nitrogens with one attached hydrogen (secondary N) is 2. The predicted molar refractivity (Wildman–Crippen MR) is 106 cm³/mol. The molecule has 4 rings (SSSR count). The molecule has 1 aliphatic rings. The minimum absolute atomic E-state index is 0.146. The molecule has 2 heterocycles. The van der Waals surface area contributed by atoms with Crippen molar-refractivity contribution in [1.29, 1.82) is 0 Å². The molecule has 6 nitrogen and oxygen atoms in total. The number of rotatable bonds is 4. The van der Waals surface area contributed by atoms with Crippen LogP contribution in [-0.4, -0.2) is 34.2 Å². The maximum Gasteiger partial charge on any atom is 0.251 e. The zero-order valence-electron chi connectivity index (χ0n) is 14.6. The van der Waals surface area contributed by atoms with E-state index in [1.807, 2.05) is 6.07 Å². The maximum absolute atomic E-state index is 14.5. The first-order valence-corrected chi connectivity index (χ1v) is 8.94. The average Bonchev–Trinajstić information content (AvgIpc) is 2.83. The van der Waals surface area contributed by atoms with E-state index < -0.39 is 11.9 Å². The fraction of sp³-hybridized carbons (Fsp3) is 0.100. The Morgan fingerprint density at radius 2 is 1.82 bits per heavy atom. The highest BCUT2D eigenvalue weighted by Crippen LogP contribution is 2.25. The fourth-order valence-electron chi connectivity index (χ4n) is 2.93. The second-order valence-corrected chi connectivity index (χ2v) is 6.50. The van der Waals surface area contributed by atoms with Crippen molar-refractivity contribution >= 4 is 34.7 Å². The van der Waals surface area contributed by atoms with E-state index in [1.165, 1.54) is 18.5 Å². The highest BCUT2D eigenvalue weighted by molar-refractivity contribution is 6.29. The summed E-state index contributed by atoms with van der Waals surface area (Å²) in [6.45, 7) is 0.146. The first kappa shape index (κ1) is 18.1. The Bertz CT molecular complexity index is 1070. The molecule has 0 fully saturated rings. The number of amides is 1. The average molecular weight is 396 g/mol. The lowest BCUT2D eigenvalue weighted by molar-refractivity contribution is -0.117. The van der Waals surface area contributed by atoms with Crippen molar-refractivity contribution in [2.45, 2.75) is 6.04 Å². The van der Waals surface area contributed by atoms with Crippen LogP contribution in [0.2, 0.25) is 5.15 Å². The number of carbonyl (C=O) groups is 1. The lowest BCUT2D eigenvalue weighted by Gasteiger charge is -2.13. The van der Waals surface area contributed by atoms with Crippen molar-refractivity contribution in [3.8, 4) is 0 Å². The third-order valence-corrected chi connectivity index (χ3v) is 4.42. The van der Waals surface area contributed by atoms with Gasteiger partial charge in [-0.2, -0.15) is 0 Å². The summed E-state index contributed by atoms with van der Waals surface area (Å²) in [5.74, 6) is -0.288. The van der Waals surface area contributed by atoms with Gasteiger partial charge < -0.3 is 10.6 Å². The van der Waals surface area contributed by atoms with Gasteiger partial charge in [0.05, 0.1) is 23.8 Å². The molecule has 2 N–H and O–H groups in total. The number of halogens is 2. The van der Waals surface area contributed by atoms with Gasteiger partial charge in [-0.15, -0.1) is 0 Å². The van der Waals surface area contributed by atoms with Gasteiger partial charge in [0.1, 0.15) is 22.8 Å². The van der Waals surface area contributed by atoms with Crippen molar-refractivity contribution in [3.63, 3.8) is 0 Å². The van der Waals surface area contributed by atoms with Crippen LogP contribution in [0.25, 0.3) is 0 Å². The summed E-state index contributed by atoms with van der Waals surface area (Å²) in [7, 11) is 0. The van der Waals surface area contributed by atoms with Gasteiger partial charge in [0.25, 0.3) is 5.91 Å². The SMILES string of the molecule is O=C1Nc2ccccc2C(c2ccccc2F)=NC1CNc1cncc(Cl)n1. The largest absolute Gasteiger partial charge is 0.366 e. The quantitative estimate of drug-likeness (QED) is 0.708. The Labute approximate surface area is 165 Å². The number of carbonyl (C=O) groups excluding carboxylic acids is 1. The number of hydrogen-bond donors (Lipinski definition) is 2. The van der Waals surface area contributed by atoms with Crippen molar-refractivity contribution in [2.24, 2.45) is 4.99 Å². The lowest BCUT2D eigenvalue weighted by atomic mass is 10.00. The summed E-state index contributed by atoms with van der Waals surface area (Å²) in [4.78, 5) is 25.3. The molecule has 0 spiro atoms. The van der Waals surface area contributed by atoms with Crippen LogP contribution < -0.4 is 10.6 Å². The molecule has 1 aliphatic heterocycles. The first-order chi connectivity index (χ1) is 13.6. The van der Waals surface area contributed by atoms with Crippen LogP contribution in [0, 0.1) is 5.82 Å². The standard InChI is InChI=1S/C20H15ClFN5O/c21-17-10-23-11-18(27-17)24-9-16-20(28)26-15-8-4-2-6-13(15)19(25-16)12-5-1-3-7-14(12)22/h1-8,10-11,16H,9H2,(H,24,27)(H,26,28). The Morgan fingerprint density at radius 3 is 2.61 bits per heavy atom. The number of benzene rings is 2. The summed E-state index contributed by atoms with van der Waals surface area (Å²) in [6, 6.07) is 12.8. The maximum atomic E-state index is 14.5. The van der Waals surface area contributed by atoms with E-state index in [9.17, 15) is 9.18 Å². The van der Waals surface area contributed by atoms with Crippen LogP contribution in [0.3, 0.4) is 0 Å². The second-order valence-electron chi connectivity index (χ2n) is 6.12. The van der Waals surface area contributed by atoms with Gasteiger partial charge in [-0.05, 0) is 18.2 Å². The Hall–Kier alpha value is -3.32. The van der Waals surface area contributed by atoms with E-state index in [2.05, 4.69) is 25.6 Å². The number of benzodiazepines with no additional fused rings is 1. The molecule has 0 saturated carbocycles. The zero-order valence-corrected chi connectivity index (χ0v) is 15.3. The van der Waals surface area contributed by atoms with Gasteiger partial charge >= 0.3 is 0 Å². The van der Waals surface area contributed by atoms with E-state index in [0.717, 1.165) is 0 Å². The zero-order chi connectivity index (χ0) is 19.5. The van der Waals surface area contributed by atoms with Gasteiger partial charge in [0, 0.05) is 17.7 Å². The van der Waals surface area contributed by atoms with Crippen molar-refractivity contribution < 1.29 is 9.18 Å². The summed E-state index contributed by atoms with van der Waals surface area (Å²) in [6.07, 6.45) is 2.91. The Balaban J connectivity index is 1.72. The van der Waals surface area contributed by atoms with Gasteiger partial charge in [-0.25, -0.2) is 9.37 Å². The van der Waals surface area contributed by atoms with Crippen molar-refractivity contribution in [2.75, 3.05) is 17.2 Å².